The summed E-state index contributed by atoms with van der Waals surface area (Å²) in [5, 5.41) is 8.50. The lowest BCUT2D eigenvalue weighted by molar-refractivity contribution is -0.124. The fourth-order valence-corrected chi connectivity index (χ4v) is 3.67. The van der Waals surface area contributed by atoms with E-state index in [9.17, 15) is 14.4 Å². The van der Waals surface area contributed by atoms with E-state index in [0.29, 0.717) is 0 Å². The molecule has 6 nitrogen and oxygen atoms in total. The van der Waals surface area contributed by atoms with Crippen LogP contribution in [0.1, 0.15) is 5.56 Å². The largest absolute Gasteiger partial charge is 0.377 e. The van der Waals surface area contributed by atoms with Crippen LogP contribution in [0.25, 0.3) is 27.6 Å². The summed E-state index contributed by atoms with van der Waals surface area (Å²) in [4.78, 5) is 37.1. The molecule has 144 valence electrons. The SMILES string of the molecule is CN(C)c1c2ccccc2c(/C=C/C=C2C(=O)NC(=O)NC2=O)c2ccccc12. The van der Waals surface area contributed by atoms with Gasteiger partial charge in [-0.15, -0.1) is 0 Å². The molecule has 4 amide bonds. The minimum absolute atomic E-state index is 0.112. The predicted octanol–water partition coefficient (Wildman–Crippen LogP) is 3.36. The molecule has 1 aliphatic rings. The molecule has 0 radical (unpaired) electrons. The van der Waals surface area contributed by atoms with Crippen LogP contribution in [0.5, 0.6) is 0 Å². The van der Waals surface area contributed by atoms with Gasteiger partial charge < -0.3 is 4.90 Å². The highest BCUT2D eigenvalue weighted by Crippen LogP contribution is 2.38. The van der Waals surface area contributed by atoms with Gasteiger partial charge in [0.05, 0.1) is 5.69 Å². The molecule has 0 spiro atoms. The molecule has 1 aliphatic heterocycles. The number of rotatable bonds is 3. The van der Waals surface area contributed by atoms with Crippen LogP contribution in [0, 0.1) is 0 Å². The van der Waals surface area contributed by atoms with Crippen molar-refractivity contribution in [3.05, 3.63) is 71.8 Å². The van der Waals surface area contributed by atoms with Crippen molar-refractivity contribution in [3.63, 3.8) is 0 Å². The molecule has 1 fully saturated rings. The second-order valence-electron chi connectivity index (χ2n) is 6.92. The van der Waals surface area contributed by atoms with Crippen LogP contribution < -0.4 is 15.5 Å². The maximum Gasteiger partial charge on any atom is 0.328 e. The molecule has 0 bridgehead atoms. The second kappa shape index (κ2) is 7.24. The molecule has 2 N–H and O–H groups in total. The van der Waals surface area contributed by atoms with Crippen LogP contribution in [-0.2, 0) is 9.59 Å². The van der Waals surface area contributed by atoms with Gasteiger partial charge in [0, 0.05) is 24.9 Å². The summed E-state index contributed by atoms with van der Waals surface area (Å²) in [6.07, 6.45) is 4.96. The molecule has 0 aliphatic carbocycles. The summed E-state index contributed by atoms with van der Waals surface area (Å²) in [5.41, 5.74) is 2.02. The van der Waals surface area contributed by atoms with E-state index in [-0.39, 0.29) is 5.57 Å². The zero-order valence-corrected chi connectivity index (χ0v) is 16.0. The second-order valence-corrected chi connectivity index (χ2v) is 6.92. The molecule has 4 rings (SSSR count). The van der Waals surface area contributed by atoms with Crippen molar-refractivity contribution >= 4 is 51.2 Å². The fraction of sp³-hybridized carbons (Fsp3) is 0.0870. The van der Waals surface area contributed by atoms with Crippen molar-refractivity contribution in [1.29, 1.82) is 0 Å². The van der Waals surface area contributed by atoms with Crippen LogP contribution in [-0.4, -0.2) is 31.9 Å². The van der Waals surface area contributed by atoms with E-state index in [1.807, 2.05) is 44.4 Å². The predicted molar refractivity (Wildman–Crippen MR) is 115 cm³/mol. The van der Waals surface area contributed by atoms with E-state index < -0.39 is 17.8 Å². The Bertz CT molecular complexity index is 1160. The first-order valence-corrected chi connectivity index (χ1v) is 9.13. The van der Waals surface area contributed by atoms with E-state index in [1.54, 1.807) is 6.08 Å². The average molecular weight is 385 g/mol. The van der Waals surface area contributed by atoms with Gasteiger partial charge in [0.2, 0.25) is 0 Å². The Morgan fingerprint density at radius 3 is 1.72 bits per heavy atom. The maximum atomic E-state index is 11.9. The number of nitrogens with zero attached hydrogens (tertiary/aromatic N) is 1. The van der Waals surface area contributed by atoms with Gasteiger partial charge in [0.15, 0.2) is 0 Å². The van der Waals surface area contributed by atoms with Crippen molar-refractivity contribution in [2.75, 3.05) is 19.0 Å². The molecular weight excluding hydrogens is 366 g/mol. The van der Waals surface area contributed by atoms with E-state index in [2.05, 4.69) is 39.8 Å². The summed E-state index contributed by atoms with van der Waals surface area (Å²) in [5.74, 6) is -1.41. The standard InChI is InChI=1S/C23H19N3O3/c1-26(2)20-17-10-5-3-8-15(17)14(16-9-4-6-11-18(16)20)12-7-13-19-21(27)24-23(29)25-22(19)28/h3-13H,1-2H3,(H2,24,25,27,28,29)/b12-7+. The highest BCUT2D eigenvalue weighted by molar-refractivity contribution is 6.29. The zero-order chi connectivity index (χ0) is 20.5. The smallest absolute Gasteiger partial charge is 0.328 e. The molecule has 3 aromatic rings. The Labute approximate surface area is 167 Å². The minimum Gasteiger partial charge on any atom is -0.377 e. The van der Waals surface area contributed by atoms with Crippen molar-refractivity contribution in [2.45, 2.75) is 0 Å². The van der Waals surface area contributed by atoms with Gasteiger partial charge >= 0.3 is 6.03 Å². The number of fused-ring (bicyclic) bond motifs is 2. The molecule has 6 heteroatoms. The number of allylic oxidation sites excluding steroid dienone is 2. The lowest BCUT2D eigenvalue weighted by atomic mass is 9.94. The molecule has 1 heterocycles. The van der Waals surface area contributed by atoms with Crippen LogP contribution in [0.4, 0.5) is 10.5 Å². The van der Waals surface area contributed by atoms with Gasteiger partial charge in [0.25, 0.3) is 11.8 Å². The first kappa shape index (κ1) is 18.4. The Morgan fingerprint density at radius 2 is 1.24 bits per heavy atom. The Hall–Kier alpha value is -3.93. The number of urea groups is 1. The van der Waals surface area contributed by atoms with Crippen molar-refractivity contribution < 1.29 is 14.4 Å². The summed E-state index contributed by atoms with van der Waals surface area (Å²) in [7, 11) is 4.05. The van der Waals surface area contributed by atoms with Gasteiger partial charge in [-0.2, -0.15) is 0 Å². The lowest BCUT2D eigenvalue weighted by Gasteiger charge is -2.20. The number of carbonyl (C=O) groups excluding carboxylic acids is 3. The van der Waals surface area contributed by atoms with Crippen LogP contribution in [0.15, 0.2) is 66.3 Å². The summed E-state index contributed by atoms with van der Waals surface area (Å²) in [6.45, 7) is 0. The minimum atomic E-state index is -0.808. The topological polar surface area (TPSA) is 78.5 Å². The van der Waals surface area contributed by atoms with Crippen molar-refractivity contribution in [3.8, 4) is 0 Å². The average Bonchev–Trinajstić information content (AvgIpc) is 2.68. The third kappa shape index (κ3) is 3.25. The number of nitrogens with one attached hydrogen (secondary N) is 2. The lowest BCUT2D eigenvalue weighted by Crippen LogP contribution is -2.51. The van der Waals surface area contributed by atoms with Crippen molar-refractivity contribution in [1.82, 2.24) is 10.6 Å². The Morgan fingerprint density at radius 1 is 0.759 bits per heavy atom. The summed E-state index contributed by atoms with van der Waals surface area (Å²) < 4.78 is 0. The molecule has 0 unspecified atom stereocenters. The van der Waals surface area contributed by atoms with Gasteiger partial charge in [0.1, 0.15) is 5.57 Å². The maximum absolute atomic E-state index is 11.9. The molecule has 1 saturated heterocycles. The molecule has 3 aromatic carbocycles. The molecule has 29 heavy (non-hydrogen) atoms. The number of benzene rings is 3. The van der Waals surface area contributed by atoms with Gasteiger partial charge in [-0.3, -0.25) is 20.2 Å². The van der Waals surface area contributed by atoms with E-state index >= 15 is 0 Å². The molecule has 0 saturated carbocycles. The number of hydrogen-bond acceptors (Lipinski definition) is 4. The third-order valence-corrected chi connectivity index (χ3v) is 4.86. The van der Waals surface area contributed by atoms with Crippen molar-refractivity contribution in [2.24, 2.45) is 0 Å². The molecular formula is C23H19N3O3. The summed E-state index contributed by atoms with van der Waals surface area (Å²) >= 11 is 0. The number of barbiturate groups is 1. The Balaban J connectivity index is 1.90. The van der Waals surface area contributed by atoms with E-state index in [1.165, 1.54) is 6.08 Å². The van der Waals surface area contributed by atoms with Gasteiger partial charge in [-0.25, -0.2) is 4.79 Å². The highest BCUT2D eigenvalue weighted by Gasteiger charge is 2.26. The van der Waals surface area contributed by atoms with Crippen LogP contribution >= 0.6 is 0 Å². The zero-order valence-electron chi connectivity index (χ0n) is 16.0. The first-order chi connectivity index (χ1) is 14.0. The van der Waals surface area contributed by atoms with Gasteiger partial charge in [-0.1, -0.05) is 60.7 Å². The highest BCUT2D eigenvalue weighted by atomic mass is 16.2. The number of imide groups is 2. The molecule has 0 aromatic heterocycles. The summed E-state index contributed by atoms with van der Waals surface area (Å²) in [6, 6.07) is 15.5. The first-order valence-electron chi connectivity index (χ1n) is 9.13. The van der Waals surface area contributed by atoms with Crippen LogP contribution in [0.2, 0.25) is 0 Å². The van der Waals surface area contributed by atoms with Gasteiger partial charge in [-0.05, 0) is 22.4 Å². The van der Waals surface area contributed by atoms with E-state index in [4.69, 9.17) is 0 Å². The quantitative estimate of drug-likeness (QED) is 0.412. The fourth-order valence-electron chi connectivity index (χ4n) is 3.67. The monoisotopic (exact) mass is 385 g/mol. The molecule has 0 atom stereocenters. The third-order valence-electron chi connectivity index (χ3n) is 4.86. The normalized spacial score (nSPS) is 14.4. The number of anilines is 1. The van der Waals surface area contributed by atoms with E-state index in [0.717, 1.165) is 32.8 Å². The van der Waals surface area contributed by atoms with Crippen LogP contribution in [0.3, 0.4) is 0 Å². The number of amides is 4. The Kier molecular flexibility index (Phi) is 4.60. The number of hydrogen-bond donors (Lipinski definition) is 2. The number of carbonyl (C=O) groups is 3.